The average Bonchev–Trinajstić information content (AvgIpc) is 2.25. The van der Waals surface area contributed by atoms with Crippen LogP contribution < -0.4 is 5.32 Å². The summed E-state index contributed by atoms with van der Waals surface area (Å²) in [7, 11) is 0. The van der Waals surface area contributed by atoms with Crippen LogP contribution in [0.4, 0.5) is 11.5 Å². The van der Waals surface area contributed by atoms with E-state index in [4.69, 9.17) is 11.6 Å². The first kappa shape index (κ1) is 13.4. The fraction of sp³-hybridized carbons (Fsp3) is 0.400. The van der Waals surface area contributed by atoms with E-state index < -0.39 is 4.92 Å². The van der Waals surface area contributed by atoms with E-state index in [9.17, 15) is 10.1 Å². The SMILES string of the molecule is C=CCNc1nc(CCC)nc(Cl)c1[N+](=O)[O-]. The van der Waals surface area contributed by atoms with Gasteiger partial charge in [0.2, 0.25) is 11.0 Å². The first-order valence-corrected chi connectivity index (χ1v) is 5.53. The molecule has 92 valence electrons. The van der Waals surface area contributed by atoms with E-state index in [-0.39, 0.29) is 16.7 Å². The van der Waals surface area contributed by atoms with Gasteiger partial charge in [-0.1, -0.05) is 24.6 Å². The summed E-state index contributed by atoms with van der Waals surface area (Å²) in [6.45, 7) is 5.87. The van der Waals surface area contributed by atoms with E-state index in [1.165, 1.54) is 0 Å². The minimum atomic E-state index is -0.594. The molecule has 0 saturated carbocycles. The number of rotatable bonds is 6. The maximum atomic E-state index is 10.9. The van der Waals surface area contributed by atoms with Crippen molar-refractivity contribution in [3.63, 3.8) is 0 Å². The van der Waals surface area contributed by atoms with E-state index in [0.29, 0.717) is 18.8 Å². The Bertz CT molecular complexity index is 437. The van der Waals surface area contributed by atoms with Crippen LogP contribution in [-0.2, 0) is 6.42 Å². The van der Waals surface area contributed by atoms with Gasteiger partial charge in [-0.3, -0.25) is 10.1 Å². The molecule has 0 radical (unpaired) electrons. The molecule has 0 bridgehead atoms. The van der Waals surface area contributed by atoms with Crippen molar-refractivity contribution in [1.82, 2.24) is 9.97 Å². The third kappa shape index (κ3) is 3.39. The van der Waals surface area contributed by atoms with Crippen molar-refractivity contribution in [2.24, 2.45) is 0 Å². The van der Waals surface area contributed by atoms with Crippen LogP contribution in [0.3, 0.4) is 0 Å². The number of nitrogens with one attached hydrogen (secondary N) is 1. The van der Waals surface area contributed by atoms with Gasteiger partial charge in [-0.05, 0) is 6.42 Å². The predicted molar refractivity (Wildman–Crippen MR) is 66.4 cm³/mol. The summed E-state index contributed by atoms with van der Waals surface area (Å²) in [5, 5.41) is 13.5. The maximum Gasteiger partial charge on any atom is 0.348 e. The van der Waals surface area contributed by atoms with Gasteiger partial charge in [0.25, 0.3) is 0 Å². The zero-order valence-corrected chi connectivity index (χ0v) is 10.2. The average molecular weight is 257 g/mol. The second kappa shape index (κ2) is 6.15. The summed E-state index contributed by atoms with van der Waals surface area (Å²) in [6.07, 6.45) is 3.05. The van der Waals surface area contributed by atoms with Crippen molar-refractivity contribution >= 4 is 23.1 Å². The first-order valence-electron chi connectivity index (χ1n) is 5.15. The molecule has 1 aromatic heterocycles. The van der Waals surface area contributed by atoms with Crippen LogP contribution in [0, 0.1) is 10.1 Å². The molecule has 0 unspecified atom stereocenters. The zero-order chi connectivity index (χ0) is 12.8. The number of anilines is 1. The highest BCUT2D eigenvalue weighted by atomic mass is 35.5. The molecule has 1 N–H and O–H groups in total. The monoisotopic (exact) mass is 256 g/mol. The lowest BCUT2D eigenvalue weighted by atomic mass is 10.3. The van der Waals surface area contributed by atoms with Gasteiger partial charge in [0.15, 0.2) is 0 Å². The molecule has 17 heavy (non-hydrogen) atoms. The van der Waals surface area contributed by atoms with Crippen LogP contribution in [0.1, 0.15) is 19.2 Å². The molecule has 0 atom stereocenters. The molecule has 0 aromatic carbocycles. The number of halogens is 1. The molecule has 0 aliphatic heterocycles. The fourth-order valence-electron chi connectivity index (χ4n) is 1.26. The fourth-order valence-corrected chi connectivity index (χ4v) is 1.52. The molecule has 0 aliphatic rings. The van der Waals surface area contributed by atoms with Crippen LogP contribution in [0.2, 0.25) is 5.15 Å². The lowest BCUT2D eigenvalue weighted by molar-refractivity contribution is -0.384. The molecule has 0 fully saturated rings. The number of nitro groups is 1. The van der Waals surface area contributed by atoms with Gasteiger partial charge in [-0.2, -0.15) is 0 Å². The normalized spacial score (nSPS) is 10.0. The Labute approximate surface area is 104 Å². The van der Waals surface area contributed by atoms with Gasteiger partial charge < -0.3 is 5.32 Å². The Balaban J connectivity index is 3.18. The molecule has 1 heterocycles. The number of nitrogens with zero attached hydrogens (tertiary/aromatic N) is 3. The van der Waals surface area contributed by atoms with E-state index in [1.807, 2.05) is 6.92 Å². The lowest BCUT2D eigenvalue weighted by Gasteiger charge is -2.06. The molecular weight excluding hydrogens is 244 g/mol. The first-order chi connectivity index (χ1) is 8.10. The highest BCUT2D eigenvalue weighted by Gasteiger charge is 2.22. The standard InChI is InChI=1S/C10H13ClN4O2/c1-3-5-7-13-9(11)8(15(16)17)10(14-7)12-6-4-2/h4H,2-3,5-6H2,1H3,(H,12,13,14). The van der Waals surface area contributed by atoms with Crippen molar-refractivity contribution in [3.05, 3.63) is 33.7 Å². The Morgan fingerprint density at radius 3 is 2.82 bits per heavy atom. The van der Waals surface area contributed by atoms with Crippen molar-refractivity contribution in [1.29, 1.82) is 0 Å². The van der Waals surface area contributed by atoms with E-state index in [0.717, 1.165) is 6.42 Å². The molecular formula is C10H13ClN4O2. The highest BCUT2D eigenvalue weighted by Crippen LogP contribution is 2.29. The number of aryl methyl sites for hydroxylation is 1. The van der Waals surface area contributed by atoms with Crippen molar-refractivity contribution in [2.45, 2.75) is 19.8 Å². The summed E-state index contributed by atoms with van der Waals surface area (Å²) >= 11 is 5.79. The Morgan fingerprint density at radius 1 is 1.59 bits per heavy atom. The van der Waals surface area contributed by atoms with Crippen molar-refractivity contribution < 1.29 is 4.92 Å². The van der Waals surface area contributed by atoms with Gasteiger partial charge in [-0.15, -0.1) is 6.58 Å². The Morgan fingerprint density at radius 2 is 2.29 bits per heavy atom. The molecule has 7 heteroatoms. The smallest absolute Gasteiger partial charge is 0.348 e. The van der Waals surface area contributed by atoms with Crippen LogP contribution in [-0.4, -0.2) is 21.4 Å². The van der Waals surface area contributed by atoms with Gasteiger partial charge in [0.1, 0.15) is 5.82 Å². The van der Waals surface area contributed by atoms with Gasteiger partial charge >= 0.3 is 5.69 Å². The summed E-state index contributed by atoms with van der Waals surface area (Å²) < 4.78 is 0. The minimum absolute atomic E-state index is 0.137. The van der Waals surface area contributed by atoms with Gasteiger partial charge in [0.05, 0.1) is 4.92 Å². The molecule has 1 rings (SSSR count). The predicted octanol–water partition coefficient (Wildman–Crippen LogP) is 2.59. The zero-order valence-electron chi connectivity index (χ0n) is 9.44. The molecule has 6 nitrogen and oxygen atoms in total. The van der Waals surface area contributed by atoms with Gasteiger partial charge in [0, 0.05) is 13.0 Å². The topological polar surface area (TPSA) is 81.0 Å². The van der Waals surface area contributed by atoms with Gasteiger partial charge in [-0.25, -0.2) is 9.97 Å². The number of hydrogen-bond donors (Lipinski definition) is 1. The molecule has 0 spiro atoms. The molecule has 0 saturated heterocycles. The lowest BCUT2D eigenvalue weighted by Crippen LogP contribution is -2.08. The van der Waals surface area contributed by atoms with Crippen molar-refractivity contribution in [2.75, 3.05) is 11.9 Å². The minimum Gasteiger partial charge on any atom is -0.361 e. The second-order valence-corrected chi connectivity index (χ2v) is 3.66. The third-order valence-electron chi connectivity index (χ3n) is 1.96. The Kier molecular flexibility index (Phi) is 4.84. The van der Waals surface area contributed by atoms with Crippen LogP contribution in [0.15, 0.2) is 12.7 Å². The van der Waals surface area contributed by atoms with Crippen LogP contribution >= 0.6 is 11.6 Å². The molecule has 0 amide bonds. The third-order valence-corrected chi connectivity index (χ3v) is 2.22. The van der Waals surface area contributed by atoms with E-state index in [2.05, 4.69) is 21.9 Å². The number of aromatic nitrogens is 2. The highest BCUT2D eigenvalue weighted by molar-refractivity contribution is 6.31. The quantitative estimate of drug-likeness (QED) is 0.366. The van der Waals surface area contributed by atoms with Crippen LogP contribution in [0.25, 0.3) is 0 Å². The van der Waals surface area contributed by atoms with E-state index >= 15 is 0 Å². The summed E-state index contributed by atoms with van der Waals surface area (Å²) in [6, 6.07) is 0. The molecule has 1 aromatic rings. The summed E-state index contributed by atoms with van der Waals surface area (Å²) in [4.78, 5) is 18.2. The Hall–Kier alpha value is -1.69. The maximum absolute atomic E-state index is 10.9. The second-order valence-electron chi connectivity index (χ2n) is 3.30. The summed E-state index contributed by atoms with van der Waals surface area (Å²) in [5.74, 6) is 0.632. The number of hydrogen-bond acceptors (Lipinski definition) is 5. The van der Waals surface area contributed by atoms with Crippen molar-refractivity contribution in [3.8, 4) is 0 Å². The van der Waals surface area contributed by atoms with E-state index in [1.54, 1.807) is 6.08 Å². The van der Waals surface area contributed by atoms with Crippen LogP contribution in [0.5, 0.6) is 0 Å². The summed E-state index contributed by atoms with van der Waals surface area (Å²) in [5.41, 5.74) is -0.298. The molecule has 0 aliphatic carbocycles. The largest absolute Gasteiger partial charge is 0.361 e.